The van der Waals surface area contributed by atoms with Gasteiger partial charge in [-0.15, -0.1) is 0 Å². The summed E-state index contributed by atoms with van der Waals surface area (Å²) in [7, 11) is 0. The molecule has 18 N–H and O–H groups in total. The molecule has 31 heteroatoms. The molecule has 0 bridgehead atoms. The fourth-order valence-corrected chi connectivity index (χ4v) is 8.86. The van der Waals surface area contributed by atoms with E-state index in [9.17, 15) is 91.3 Å². The number of aliphatic hydroxyl groups is 16. The second-order valence-corrected chi connectivity index (χ2v) is 17.8. The summed E-state index contributed by atoms with van der Waals surface area (Å²) in [6, 6.07) is -3.30. The summed E-state index contributed by atoms with van der Waals surface area (Å²) < 4.78 is 64.0. The first-order valence-electron chi connectivity index (χ1n) is 22.4. The highest BCUT2D eigenvalue weighted by atomic mass is 16.8. The molecule has 0 radical (unpaired) electrons. The van der Waals surface area contributed by atoms with Crippen LogP contribution in [0.5, 0.6) is 0 Å². The summed E-state index contributed by atoms with van der Waals surface area (Å²) in [4.78, 5) is 24.6. The van der Waals surface area contributed by atoms with E-state index in [0.29, 0.717) is 0 Å². The summed E-state index contributed by atoms with van der Waals surface area (Å²) in [5.41, 5.74) is 0. The maximum atomic E-state index is 12.7. The minimum absolute atomic E-state index is 0.651. The van der Waals surface area contributed by atoms with Crippen LogP contribution in [0.15, 0.2) is 0 Å². The lowest BCUT2D eigenvalue weighted by Crippen LogP contribution is -2.71. The fraction of sp³-hybridized carbons (Fsp3) is 0.949. The third-order valence-electron chi connectivity index (χ3n) is 12.8. The lowest BCUT2D eigenvalue weighted by atomic mass is 9.93. The monoisotopic (exact) mass is 1030 g/mol. The zero-order valence-electron chi connectivity index (χ0n) is 37.7. The Kier molecular flexibility index (Phi) is 20.0. The second-order valence-electron chi connectivity index (χ2n) is 17.8. The van der Waals surface area contributed by atoms with Crippen LogP contribution in [0.25, 0.3) is 0 Å². The number of amides is 2. The number of aliphatic hydroxyl groups excluding tert-OH is 16. The van der Waals surface area contributed by atoms with Gasteiger partial charge in [-0.05, 0) is 6.92 Å². The van der Waals surface area contributed by atoms with Crippen molar-refractivity contribution in [3.63, 3.8) is 0 Å². The second kappa shape index (κ2) is 24.5. The molecular formula is C39H66N2O29. The van der Waals surface area contributed by atoms with Crippen molar-refractivity contribution in [1.82, 2.24) is 10.6 Å². The highest BCUT2D eigenvalue weighted by molar-refractivity contribution is 5.73. The van der Waals surface area contributed by atoms with E-state index in [1.165, 1.54) is 6.92 Å². The Morgan fingerprint density at radius 3 is 1.56 bits per heavy atom. The van der Waals surface area contributed by atoms with E-state index in [-0.39, 0.29) is 0 Å². The molecule has 6 aliphatic heterocycles. The van der Waals surface area contributed by atoms with Gasteiger partial charge in [-0.25, -0.2) is 0 Å². The molecule has 6 rings (SSSR count). The first-order chi connectivity index (χ1) is 33.0. The average Bonchev–Trinajstić information content (AvgIpc) is 3.32. The third kappa shape index (κ3) is 12.3. The van der Waals surface area contributed by atoms with Gasteiger partial charge in [0.05, 0.1) is 39.1 Å². The Hall–Kier alpha value is -2.14. The van der Waals surface area contributed by atoms with Crippen molar-refractivity contribution in [3.05, 3.63) is 0 Å². The van der Waals surface area contributed by atoms with Crippen molar-refractivity contribution in [1.29, 1.82) is 0 Å². The van der Waals surface area contributed by atoms with Crippen LogP contribution in [0.2, 0.25) is 0 Å². The van der Waals surface area contributed by atoms with Gasteiger partial charge in [-0.2, -0.15) is 0 Å². The number of carbonyl (C=O) groups excluding carboxylic acids is 2. The maximum Gasteiger partial charge on any atom is 0.217 e. The Balaban J connectivity index is 1.36. The van der Waals surface area contributed by atoms with E-state index in [1.54, 1.807) is 0 Å². The van der Waals surface area contributed by atoms with Crippen LogP contribution >= 0.6 is 0 Å². The minimum Gasteiger partial charge on any atom is -0.394 e. The van der Waals surface area contributed by atoms with Crippen molar-refractivity contribution < 1.29 is 143 Å². The van der Waals surface area contributed by atoms with Crippen molar-refractivity contribution in [2.45, 2.75) is 199 Å². The van der Waals surface area contributed by atoms with Crippen LogP contribution < -0.4 is 10.6 Å². The minimum atomic E-state index is -2.15. The predicted octanol–water partition coefficient (Wildman–Crippen LogP) is -12.1. The number of hydrogen-bond acceptors (Lipinski definition) is 29. The van der Waals surface area contributed by atoms with Crippen molar-refractivity contribution >= 4 is 11.8 Å². The van der Waals surface area contributed by atoms with E-state index in [0.717, 1.165) is 13.8 Å². The van der Waals surface area contributed by atoms with Gasteiger partial charge in [0.2, 0.25) is 11.8 Å². The molecule has 0 unspecified atom stereocenters. The quantitative estimate of drug-likeness (QED) is 0.0682. The Morgan fingerprint density at radius 1 is 0.457 bits per heavy atom. The fourth-order valence-electron chi connectivity index (χ4n) is 8.86. The smallest absolute Gasteiger partial charge is 0.217 e. The Labute approximate surface area is 397 Å². The largest absolute Gasteiger partial charge is 0.394 e. The molecule has 6 aliphatic rings. The maximum absolute atomic E-state index is 12.7. The van der Waals surface area contributed by atoms with E-state index in [1.807, 2.05) is 0 Å². The topological polar surface area (TPSA) is 483 Å². The Bertz CT molecular complexity index is 1680. The van der Waals surface area contributed by atoms with Crippen LogP contribution in [-0.4, -0.2) is 305 Å². The SMILES string of the molecule is CC(=O)N[C@@H]1[C@@H](O)[C@H](O[C@@H]2O[C@H](CO)[C@@H](O[C@@H]3O[C@H](CO[C@H]4O[C@H](CO)[C@@H](O)[C@H](O)[C@@H]4O)[C@@H](O)[C@H](O[C@@H]4O[C@@H](C)[C@@H](O)[C@@H](O)[C@@H]4O)[C@@H]3O[C@@H]3OC[C@@H](O)[C@H](O)[C@H]3O)[C@H](O)[C@H]2NC(C)=O)[C@@H](CO)O[C@H]1O. The van der Waals surface area contributed by atoms with Crippen molar-refractivity contribution in [2.75, 3.05) is 33.0 Å². The molecular weight excluding hydrogens is 960 g/mol. The number of rotatable bonds is 16. The molecule has 2 amide bonds. The van der Waals surface area contributed by atoms with Crippen LogP contribution in [0.4, 0.5) is 0 Å². The van der Waals surface area contributed by atoms with Crippen molar-refractivity contribution in [2.24, 2.45) is 0 Å². The predicted molar refractivity (Wildman–Crippen MR) is 215 cm³/mol. The molecule has 6 heterocycles. The van der Waals surface area contributed by atoms with E-state index < -0.39 is 223 Å². The summed E-state index contributed by atoms with van der Waals surface area (Å²) >= 11 is 0. The Morgan fingerprint density at radius 2 is 0.943 bits per heavy atom. The molecule has 0 aliphatic carbocycles. The van der Waals surface area contributed by atoms with Gasteiger partial charge in [0.15, 0.2) is 37.7 Å². The molecule has 6 fully saturated rings. The van der Waals surface area contributed by atoms with E-state index in [2.05, 4.69) is 10.6 Å². The van der Waals surface area contributed by atoms with Crippen molar-refractivity contribution in [3.8, 4) is 0 Å². The molecule has 0 saturated carbocycles. The zero-order valence-corrected chi connectivity index (χ0v) is 37.7. The first-order valence-corrected chi connectivity index (χ1v) is 22.4. The standard InChI is InChI=1S/C39H66N2O29/c1-9-19(48)25(54)29(58)38(62-9)69-32-22(51)16(8-61-36-28(57)26(55)21(50)13(4-42)64-36)66-39(33(32)70-37-27(56)20(49)12(47)7-60-37)68-31-15(6-44)65-35(18(24(31)53)41-11(3)46)67-30-14(5-43)63-34(59)17(23(30)52)40-10(2)45/h9,12-39,42-44,47-59H,4-8H2,1-3H3,(H,40,45)(H,41,46)/t9-,12+,13+,14+,15+,16+,17+,18+,19+,20-,21+,22+,23+,24+,25+,26-,27+,28-,29-,30+,31+,32-,33-,34+,35-,36-,37-,38-,39-/m0/s1. The zero-order chi connectivity index (χ0) is 51.6. The first kappa shape index (κ1) is 57.1. The van der Waals surface area contributed by atoms with E-state index >= 15 is 0 Å². The third-order valence-corrected chi connectivity index (χ3v) is 12.8. The lowest BCUT2D eigenvalue weighted by molar-refractivity contribution is -0.403. The van der Waals surface area contributed by atoms with Gasteiger partial charge >= 0.3 is 0 Å². The number of nitrogens with one attached hydrogen (secondary N) is 2. The van der Waals surface area contributed by atoms with Gasteiger partial charge in [0.25, 0.3) is 0 Å². The molecule has 0 spiro atoms. The number of hydrogen-bond donors (Lipinski definition) is 18. The molecule has 406 valence electrons. The molecule has 0 aromatic carbocycles. The molecule has 31 nitrogen and oxygen atoms in total. The number of ether oxygens (including phenoxy) is 11. The van der Waals surface area contributed by atoms with Crippen LogP contribution in [-0.2, 0) is 61.7 Å². The molecule has 6 saturated heterocycles. The molecule has 0 aromatic heterocycles. The van der Waals surface area contributed by atoms with Gasteiger partial charge in [0, 0.05) is 13.8 Å². The summed E-state index contributed by atoms with van der Waals surface area (Å²) in [6.07, 6.45) is -50.1. The average molecular weight is 1030 g/mol. The summed E-state index contributed by atoms with van der Waals surface area (Å²) in [5.74, 6) is -1.54. The normalized spacial score (nSPS) is 50.3. The van der Waals surface area contributed by atoms with Gasteiger partial charge in [-0.3, -0.25) is 9.59 Å². The molecule has 29 atom stereocenters. The summed E-state index contributed by atoms with van der Waals surface area (Å²) in [5, 5.41) is 176. The van der Waals surface area contributed by atoms with Crippen LogP contribution in [0.3, 0.4) is 0 Å². The highest BCUT2D eigenvalue weighted by Crippen LogP contribution is 2.37. The van der Waals surface area contributed by atoms with Gasteiger partial charge < -0.3 is 144 Å². The number of carbonyl (C=O) groups is 2. The van der Waals surface area contributed by atoms with Gasteiger partial charge in [0.1, 0.15) is 134 Å². The summed E-state index contributed by atoms with van der Waals surface area (Å²) in [6.45, 7) is -0.964. The molecule has 70 heavy (non-hydrogen) atoms. The lowest BCUT2D eigenvalue weighted by Gasteiger charge is -2.51. The van der Waals surface area contributed by atoms with Crippen LogP contribution in [0.1, 0.15) is 20.8 Å². The molecule has 0 aromatic rings. The van der Waals surface area contributed by atoms with Crippen LogP contribution in [0, 0.1) is 0 Å². The van der Waals surface area contributed by atoms with Gasteiger partial charge in [-0.1, -0.05) is 0 Å². The highest BCUT2D eigenvalue weighted by Gasteiger charge is 2.58. The van der Waals surface area contributed by atoms with E-state index in [4.69, 9.17) is 52.1 Å².